The molecule has 1 amide bonds. The maximum absolute atomic E-state index is 11.9. The van der Waals surface area contributed by atoms with Crippen molar-refractivity contribution < 1.29 is 14.1 Å². The third-order valence-electron chi connectivity index (χ3n) is 3.50. The molecule has 10 nitrogen and oxygen atoms in total. The Bertz CT molecular complexity index is 984. The summed E-state index contributed by atoms with van der Waals surface area (Å²) in [7, 11) is 1.79. The summed E-state index contributed by atoms with van der Waals surface area (Å²) in [5.74, 6) is -0.324. The number of nitrogens with one attached hydrogen (secondary N) is 1. The topological polar surface area (TPSA) is 129 Å². The molecule has 2 heterocycles. The molecule has 10 heteroatoms. The molecule has 0 aliphatic carbocycles. The van der Waals surface area contributed by atoms with Crippen LogP contribution in [0.4, 0.5) is 11.7 Å². The number of carbonyl (C=O) groups is 1. The van der Waals surface area contributed by atoms with Crippen LogP contribution in [0.15, 0.2) is 40.8 Å². The van der Waals surface area contributed by atoms with E-state index in [1.54, 1.807) is 23.9 Å². The van der Waals surface area contributed by atoms with Crippen LogP contribution in [0.5, 0.6) is 0 Å². The van der Waals surface area contributed by atoms with Crippen LogP contribution >= 0.6 is 0 Å². The fourth-order valence-corrected chi connectivity index (χ4v) is 2.10. The lowest BCUT2D eigenvalue weighted by molar-refractivity contribution is -0.384. The number of hydrogen-bond donors (Lipinski definition) is 1. The van der Waals surface area contributed by atoms with Crippen molar-refractivity contribution in [1.82, 2.24) is 20.0 Å². The van der Waals surface area contributed by atoms with E-state index in [1.165, 1.54) is 30.4 Å². The number of aryl methyl sites for hydroxylation is 2. The number of rotatable bonds is 5. The summed E-state index contributed by atoms with van der Waals surface area (Å²) in [6.07, 6.45) is 2.66. The predicted molar refractivity (Wildman–Crippen MR) is 92.0 cm³/mol. The second-order valence-corrected chi connectivity index (χ2v) is 5.38. The lowest BCUT2D eigenvalue weighted by Gasteiger charge is -1.95. The maximum atomic E-state index is 11.9. The van der Waals surface area contributed by atoms with Crippen LogP contribution in [-0.4, -0.2) is 30.8 Å². The van der Waals surface area contributed by atoms with Gasteiger partial charge in [0.1, 0.15) is 5.69 Å². The Balaban J connectivity index is 1.67. The van der Waals surface area contributed by atoms with Gasteiger partial charge >= 0.3 is 6.01 Å². The van der Waals surface area contributed by atoms with E-state index in [9.17, 15) is 14.9 Å². The van der Waals surface area contributed by atoms with Crippen LogP contribution in [0, 0.1) is 17.0 Å². The Labute approximate surface area is 147 Å². The third-order valence-corrected chi connectivity index (χ3v) is 3.50. The summed E-state index contributed by atoms with van der Waals surface area (Å²) in [6.45, 7) is 1.88. The second-order valence-electron chi connectivity index (χ2n) is 5.38. The highest BCUT2D eigenvalue weighted by Crippen LogP contribution is 2.19. The fourth-order valence-electron chi connectivity index (χ4n) is 2.10. The highest BCUT2D eigenvalue weighted by Gasteiger charge is 2.13. The van der Waals surface area contributed by atoms with E-state index in [0.717, 1.165) is 5.69 Å². The first kappa shape index (κ1) is 17.0. The predicted octanol–water partition coefficient (Wildman–Crippen LogP) is 2.34. The third kappa shape index (κ3) is 3.80. The minimum absolute atomic E-state index is 0.0558. The first-order valence-corrected chi connectivity index (χ1v) is 7.50. The van der Waals surface area contributed by atoms with Crippen molar-refractivity contribution in [3.05, 3.63) is 57.8 Å². The molecule has 1 aromatic carbocycles. The van der Waals surface area contributed by atoms with Crippen molar-refractivity contribution in [3.63, 3.8) is 0 Å². The molecule has 0 atom stereocenters. The molecule has 0 unspecified atom stereocenters. The summed E-state index contributed by atoms with van der Waals surface area (Å²) < 4.78 is 7.02. The molecule has 0 radical (unpaired) electrons. The monoisotopic (exact) mass is 354 g/mol. The Morgan fingerprint density at radius 2 is 2.15 bits per heavy atom. The van der Waals surface area contributed by atoms with Crippen molar-refractivity contribution in [2.24, 2.45) is 7.05 Å². The first-order chi connectivity index (χ1) is 12.4. The molecule has 2 aromatic heterocycles. The van der Waals surface area contributed by atoms with E-state index in [4.69, 9.17) is 4.42 Å². The zero-order valence-corrected chi connectivity index (χ0v) is 13.9. The van der Waals surface area contributed by atoms with Crippen LogP contribution < -0.4 is 5.32 Å². The van der Waals surface area contributed by atoms with Crippen molar-refractivity contribution in [2.45, 2.75) is 6.92 Å². The second kappa shape index (κ2) is 6.97. The lowest BCUT2D eigenvalue weighted by atomic mass is 10.2. The van der Waals surface area contributed by atoms with E-state index in [0.29, 0.717) is 11.3 Å². The fraction of sp³-hybridized carbons (Fsp3) is 0.125. The summed E-state index contributed by atoms with van der Waals surface area (Å²) in [5.41, 5.74) is 1.89. The van der Waals surface area contributed by atoms with E-state index < -0.39 is 10.8 Å². The van der Waals surface area contributed by atoms with Crippen molar-refractivity contribution >= 4 is 23.7 Å². The van der Waals surface area contributed by atoms with Crippen molar-refractivity contribution in [2.75, 3.05) is 5.32 Å². The lowest BCUT2D eigenvalue weighted by Crippen LogP contribution is -2.07. The number of benzene rings is 1. The molecule has 3 aromatic rings. The van der Waals surface area contributed by atoms with Gasteiger partial charge in [-0.15, -0.1) is 5.10 Å². The zero-order chi connectivity index (χ0) is 18.7. The summed E-state index contributed by atoms with van der Waals surface area (Å²) in [4.78, 5) is 22.2. The van der Waals surface area contributed by atoms with Gasteiger partial charge in [-0.1, -0.05) is 17.2 Å². The van der Waals surface area contributed by atoms with Gasteiger partial charge in [0.25, 0.3) is 17.5 Å². The zero-order valence-electron chi connectivity index (χ0n) is 13.9. The summed E-state index contributed by atoms with van der Waals surface area (Å²) in [6, 6.07) is 7.62. The van der Waals surface area contributed by atoms with Gasteiger partial charge in [0.2, 0.25) is 0 Å². The van der Waals surface area contributed by atoms with Gasteiger partial charge in [0.05, 0.1) is 4.92 Å². The average Bonchev–Trinajstić information content (AvgIpc) is 3.20. The smallest absolute Gasteiger partial charge is 0.322 e. The molecule has 26 heavy (non-hydrogen) atoms. The van der Waals surface area contributed by atoms with Crippen LogP contribution in [0.25, 0.3) is 17.7 Å². The number of anilines is 1. The molecular weight excluding hydrogens is 340 g/mol. The highest BCUT2D eigenvalue weighted by atomic mass is 16.6. The van der Waals surface area contributed by atoms with Gasteiger partial charge in [0, 0.05) is 31.0 Å². The number of nitrogens with zero attached hydrogens (tertiary/aromatic N) is 5. The number of hydrogen-bond acceptors (Lipinski definition) is 7. The van der Waals surface area contributed by atoms with E-state index in [-0.39, 0.29) is 17.6 Å². The standard InChI is InChI=1S/C16H14N6O4/c1-10-8-13(20-21(10)2)15-18-19-16(26-15)17-14(23)7-6-11-4-3-5-12(9-11)22(24)25/h3-9H,1-2H3,(H,17,19,23)/b7-6+. The molecular formula is C16H14N6O4. The molecule has 3 rings (SSSR count). The van der Waals surface area contributed by atoms with Crippen LogP contribution in [0.3, 0.4) is 0 Å². The number of non-ortho nitro benzene ring substituents is 1. The minimum atomic E-state index is -0.510. The largest absolute Gasteiger partial charge is 0.401 e. The van der Waals surface area contributed by atoms with Crippen LogP contribution in [-0.2, 0) is 11.8 Å². The molecule has 0 spiro atoms. The molecule has 1 N–H and O–H groups in total. The number of nitro benzene ring substituents is 1. The minimum Gasteiger partial charge on any atom is -0.401 e. The molecule has 0 saturated heterocycles. The quantitative estimate of drug-likeness (QED) is 0.423. The van der Waals surface area contributed by atoms with Gasteiger partial charge in [0.15, 0.2) is 0 Å². The van der Waals surface area contributed by atoms with E-state index in [2.05, 4.69) is 20.6 Å². The van der Waals surface area contributed by atoms with Crippen molar-refractivity contribution in [1.29, 1.82) is 0 Å². The molecule has 0 saturated carbocycles. The number of aromatic nitrogens is 4. The Hall–Kier alpha value is -3.82. The molecule has 0 fully saturated rings. The normalized spacial score (nSPS) is 11.0. The molecule has 0 bridgehead atoms. The molecule has 132 valence electrons. The van der Waals surface area contributed by atoms with E-state index >= 15 is 0 Å². The molecule has 0 aliphatic rings. The Morgan fingerprint density at radius 3 is 2.85 bits per heavy atom. The number of carbonyl (C=O) groups excluding carboxylic acids is 1. The molecule has 0 aliphatic heterocycles. The first-order valence-electron chi connectivity index (χ1n) is 7.50. The summed E-state index contributed by atoms with van der Waals surface area (Å²) >= 11 is 0. The number of nitro groups is 1. The Morgan fingerprint density at radius 1 is 1.35 bits per heavy atom. The van der Waals surface area contributed by atoms with Gasteiger partial charge in [-0.2, -0.15) is 5.10 Å². The number of amides is 1. The Kier molecular flexibility index (Phi) is 4.56. The average molecular weight is 354 g/mol. The van der Waals surface area contributed by atoms with Gasteiger partial charge in [-0.3, -0.25) is 24.9 Å². The van der Waals surface area contributed by atoms with Gasteiger partial charge < -0.3 is 4.42 Å². The van der Waals surface area contributed by atoms with Gasteiger partial charge in [-0.25, -0.2) is 0 Å². The maximum Gasteiger partial charge on any atom is 0.322 e. The highest BCUT2D eigenvalue weighted by molar-refractivity contribution is 6.00. The summed E-state index contributed by atoms with van der Waals surface area (Å²) in [5, 5.41) is 25.0. The van der Waals surface area contributed by atoms with E-state index in [1.807, 2.05) is 6.92 Å². The SMILES string of the molecule is Cc1cc(-c2nnc(NC(=O)/C=C/c3cccc([N+](=O)[O-])c3)o2)nn1C. The van der Waals surface area contributed by atoms with Crippen LogP contribution in [0.1, 0.15) is 11.3 Å². The van der Waals surface area contributed by atoms with Crippen LogP contribution in [0.2, 0.25) is 0 Å². The van der Waals surface area contributed by atoms with Crippen molar-refractivity contribution in [3.8, 4) is 11.6 Å². The van der Waals surface area contributed by atoms with Gasteiger partial charge in [-0.05, 0) is 24.6 Å².